The summed E-state index contributed by atoms with van der Waals surface area (Å²) in [5, 5.41) is 11.7. The molecule has 2 aliphatic rings. The molecule has 1 aliphatic carbocycles. The van der Waals surface area contributed by atoms with Gasteiger partial charge in [-0.2, -0.15) is 0 Å². The number of hydrogen-bond acceptors (Lipinski definition) is 2. The van der Waals surface area contributed by atoms with Crippen LogP contribution >= 0.6 is 0 Å². The van der Waals surface area contributed by atoms with E-state index in [1.54, 1.807) is 0 Å². The average molecular weight is 268 g/mol. The van der Waals surface area contributed by atoms with E-state index < -0.39 is 5.97 Å². The second kappa shape index (κ2) is 6.78. The molecule has 5 nitrogen and oxygen atoms in total. The van der Waals surface area contributed by atoms with Crippen LogP contribution in [-0.2, 0) is 4.79 Å². The smallest absolute Gasteiger partial charge is 0.317 e. The molecule has 19 heavy (non-hydrogen) atoms. The molecule has 0 aromatic heterocycles. The van der Waals surface area contributed by atoms with E-state index in [-0.39, 0.29) is 12.5 Å². The maximum absolute atomic E-state index is 11.9. The van der Waals surface area contributed by atoms with Gasteiger partial charge in [0.25, 0.3) is 0 Å². The third-order valence-electron chi connectivity index (χ3n) is 4.43. The summed E-state index contributed by atoms with van der Waals surface area (Å²) < 4.78 is 0. The van der Waals surface area contributed by atoms with Gasteiger partial charge in [-0.05, 0) is 43.9 Å². The van der Waals surface area contributed by atoms with E-state index in [9.17, 15) is 9.59 Å². The SMILES string of the molecule is O=C(O)CCC1CCN(C(=O)NCC2CCC2)CC1. The van der Waals surface area contributed by atoms with E-state index in [1.807, 2.05) is 4.90 Å². The van der Waals surface area contributed by atoms with Crippen molar-refractivity contribution in [2.24, 2.45) is 11.8 Å². The van der Waals surface area contributed by atoms with Gasteiger partial charge < -0.3 is 15.3 Å². The number of likely N-dealkylation sites (tertiary alicyclic amines) is 1. The first-order valence-electron chi connectivity index (χ1n) is 7.39. The number of hydrogen-bond donors (Lipinski definition) is 2. The number of aliphatic carboxylic acids is 1. The molecule has 0 atom stereocenters. The fourth-order valence-corrected chi connectivity index (χ4v) is 2.79. The van der Waals surface area contributed by atoms with Gasteiger partial charge in [-0.15, -0.1) is 0 Å². The van der Waals surface area contributed by atoms with E-state index in [0.29, 0.717) is 11.8 Å². The van der Waals surface area contributed by atoms with Gasteiger partial charge in [0.2, 0.25) is 0 Å². The van der Waals surface area contributed by atoms with Crippen molar-refractivity contribution in [3.8, 4) is 0 Å². The number of piperidine rings is 1. The first-order chi connectivity index (χ1) is 9.15. The second-order valence-electron chi connectivity index (χ2n) is 5.85. The zero-order valence-electron chi connectivity index (χ0n) is 11.4. The van der Waals surface area contributed by atoms with Crippen molar-refractivity contribution in [1.82, 2.24) is 10.2 Å². The van der Waals surface area contributed by atoms with E-state index in [2.05, 4.69) is 5.32 Å². The Morgan fingerprint density at radius 1 is 1.11 bits per heavy atom. The molecular weight excluding hydrogens is 244 g/mol. The lowest BCUT2D eigenvalue weighted by atomic mass is 9.85. The van der Waals surface area contributed by atoms with Crippen LogP contribution in [0, 0.1) is 11.8 Å². The monoisotopic (exact) mass is 268 g/mol. The molecule has 108 valence electrons. The minimum absolute atomic E-state index is 0.0589. The quantitative estimate of drug-likeness (QED) is 0.802. The van der Waals surface area contributed by atoms with Gasteiger partial charge in [0.15, 0.2) is 0 Å². The molecule has 0 unspecified atom stereocenters. The van der Waals surface area contributed by atoms with Crippen molar-refractivity contribution >= 4 is 12.0 Å². The van der Waals surface area contributed by atoms with Crippen LogP contribution in [0.25, 0.3) is 0 Å². The second-order valence-corrected chi connectivity index (χ2v) is 5.85. The van der Waals surface area contributed by atoms with Crippen LogP contribution in [0.2, 0.25) is 0 Å². The van der Waals surface area contributed by atoms with Crippen molar-refractivity contribution in [2.75, 3.05) is 19.6 Å². The zero-order chi connectivity index (χ0) is 13.7. The summed E-state index contributed by atoms with van der Waals surface area (Å²) in [4.78, 5) is 24.3. The van der Waals surface area contributed by atoms with Crippen molar-refractivity contribution in [2.45, 2.75) is 44.9 Å². The molecule has 2 N–H and O–H groups in total. The Labute approximate surface area is 114 Å². The molecule has 2 fully saturated rings. The number of nitrogens with zero attached hydrogens (tertiary/aromatic N) is 1. The molecule has 1 aliphatic heterocycles. The number of carboxylic acid groups (broad SMARTS) is 1. The van der Waals surface area contributed by atoms with Gasteiger partial charge in [0.1, 0.15) is 0 Å². The maximum Gasteiger partial charge on any atom is 0.317 e. The van der Waals surface area contributed by atoms with Crippen LogP contribution in [-0.4, -0.2) is 41.6 Å². The highest BCUT2D eigenvalue weighted by molar-refractivity contribution is 5.74. The molecule has 0 bridgehead atoms. The molecular formula is C14H24N2O3. The zero-order valence-corrected chi connectivity index (χ0v) is 11.4. The van der Waals surface area contributed by atoms with Gasteiger partial charge in [0.05, 0.1) is 0 Å². The Hall–Kier alpha value is -1.26. The minimum atomic E-state index is -0.722. The third-order valence-corrected chi connectivity index (χ3v) is 4.43. The van der Waals surface area contributed by atoms with E-state index >= 15 is 0 Å². The lowest BCUT2D eigenvalue weighted by Gasteiger charge is -2.33. The Kier molecular flexibility index (Phi) is 5.05. The lowest BCUT2D eigenvalue weighted by molar-refractivity contribution is -0.137. The van der Waals surface area contributed by atoms with Crippen molar-refractivity contribution < 1.29 is 14.7 Å². The fourth-order valence-electron chi connectivity index (χ4n) is 2.79. The van der Waals surface area contributed by atoms with Gasteiger partial charge in [-0.1, -0.05) is 6.42 Å². The molecule has 0 aromatic carbocycles. The number of carbonyl (C=O) groups excluding carboxylic acids is 1. The summed E-state index contributed by atoms with van der Waals surface area (Å²) >= 11 is 0. The van der Waals surface area contributed by atoms with E-state index in [0.717, 1.165) is 38.9 Å². The average Bonchev–Trinajstić information content (AvgIpc) is 2.35. The van der Waals surface area contributed by atoms with Crippen LogP contribution in [0.3, 0.4) is 0 Å². The molecule has 2 amide bonds. The summed E-state index contributed by atoms with van der Waals surface area (Å²) in [6.45, 7) is 2.35. The Morgan fingerprint density at radius 3 is 2.32 bits per heavy atom. The maximum atomic E-state index is 11.9. The molecule has 0 spiro atoms. The fraction of sp³-hybridized carbons (Fsp3) is 0.857. The molecule has 0 aromatic rings. The molecule has 1 saturated heterocycles. The third kappa shape index (κ3) is 4.40. The van der Waals surface area contributed by atoms with E-state index in [1.165, 1.54) is 19.3 Å². The number of carbonyl (C=O) groups is 2. The summed E-state index contributed by atoms with van der Waals surface area (Å²) in [6.07, 6.45) is 6.66. The number of nitrogens with one attached hydrogen (secondary N) is 1. The molecule has 1 saturated carbocycles. The Balaban J connectivity index is 1.61. The highest BCUT2D eigenvalue weighted by Gasteiger charge is 2.24. The summed E-state index contributed by atoms with van der Waals surface area (Å²) in [6, 6.07) is 0.0589. The highest BCUT2D eigenvalue weighted by atomic mass is 16.4. The van der Waals surface area contributed by atoms with E-state index in [4.69, 9.17) is 5.11 Å². The molecule has 0 radical (unpaired) electrons. The van der Waals surface area contributed by atoms with Crippen LogP contribution in [0.1, 0.15) is 44.9 Å². The number of carboxylic acids is 1. The number of rotatable bonds is 5. The van der Waals surface area contributed by atoms with Crippen LogP contribution in [0.15, 0.2) is 0 Å². The normalized spacial score (nSPS) is 20.9. The first-order valence-corrected chi connectivity index (χ1v) is 7.39. The molecule has 5 heteroatoms. The molecule has 1 heterocycles. The van der Waals surface area contributed by atoms with Gasteiger partial charge >= 0.3 is 12.0 Å². The first kappa shape index (κ1) is 14.2. The van der Waals surface area contributed by atoms with Crippen molar-refractivity contribution in [3.63, 3.8) is 0 Å². The van der Waals surface area contributed by atoms with Crippen LogP contribution in [0.5, 0.6) is 0 Å². The van der Waals surface area contributed by atoms with Crippen molar-refractivity contribution in [1.29, 1.82) is 0 Å². The highest BCUT2D eigenvalue weighted by Crippen LogP contribution is 2.25. The van der Waals surface area contributed by atoms with Gasteiger partial charge in [-0.3, -0.25) is 4.79 Å². The lowest BCUT2D eigenvalue weighted by Crippen LogP contribution is -2.46. The minimum Gasteiger partial charge on any atom is -0.481 e. The largest absolute Gasteiger partial charge is 0.481 e. The predicted octanol–water partition coefficient (Wildman–Crippen LogP) is 2.07. The standard InChI is InChI=1S/C14H24N2O3/c17-13(18)5-4-11-6-8-16(9-7-11)14(19)15-10-12-2-1-3-12/h11-12H,1-10H2,(H,15,19)(H,17,18). The number of amides is 2. The van der Waals surface area contributed by atoms with Gasteiger partial charge in [0, 0.05) is 26.1 Å². The predicted molar refractivity (Wildman–Crippen MR) is 71.9 cm³/mol. The van der Waals surface area contributed by atoms with Gasteiger partial charge in [-0.25, -0.2) is 4.79 Å². The summed E-state index contributed by atoms with van der Waals surface area (Å²) in [7, 11) is 0. The molecule has 2 rings (SSSR count). The summed E-state index contributed by atoms with van der Waals surface area (Å²) in [5.74, 6) is 0.435. The van der Waals surface area contributed by atoms with Crippen molar-refractivity contribution in [3.05, 3.63) is 0 Å². The topological polar surface area (TPSA) is 69.6 Å². The van der Waals surface area contributed by atoms with Crippen LogP contribution in [0.4, 0.5) is 4.79 Å². The summed E-state index contributed by atoms with van der Waals surface area (Å²) in [5.41, 5.74) is 0. The number of urea groups is 1. The Bertz CT molecular complexity index is 321. The van der Waals surface area contributed by atoms with Crippen LogP contribution < -0.4 is 5.32 Å². The Morgan fingerprint density at radius 2 is 1.79 bits per heavy atom.